The second-order valence-corrected chi connectivity index (χ2v) is 7.68. The molecule has 0 N–H and O–H groups in total. The average Bonchev–Trinajstić information content (AvgIpc) is 3.35. The summed E-state index contributed by atoms with van der Waals surface area (Å²) in [5.74, 6) is 2.13. The van der Waals surface area contributed by atoms with E-state index in [9.17, 15) is 4.79 Å². The fraction of sp³-hybridized carbons (Fsp3) is 0.684. The van der Waals surface area contributed by atoms with E-state index >= 15 is 0 Å². The molecule has 0 unspecified atom stereocenters. The molecule has 1 amide bonds. The minimum atomic E-state index is 0.268. The van der Waals surface area contributed by atoms with Gasteiger partial charge in [-0.1, -0.05) is 6.92 Å². The molecular formula is C19H26N2O2. The fourth-order valence-corrected chi connectivity index (χ4v) is 3.86. The Kier molecular flexibility index (Phi) is 4.10. The molecule has 0 radical (unpaired) electrons. The van der Waals surface area contributed by atoms with Gasteiger partial charge in [0.15, 0.2) is 0 Å². The lowest BCUT2D eigenvalue weighted by Crippen LogP contribution is -2.43. The van der Waals surface area contributed by atoms with Gasteiger partial charge in [0.25, 0.3) is 0 Å². The minimum Gasteiger partial charge on any atom is -0.376 e. The second-order valence-electron chi connectivity index (χ2n) is 7.68. The lowest BCUT2D eigenvalue weighted by atomic mass is 9.75. The van der Waals surface area contributed by atoms with Crippen LogP contribution in [0.1, 0.15) is 49.3 Å². The van der Waals surface area contributed by atoms with Crippen molar-refractivity contribution in [1.29, 1.82) is 0 Å². The summed E-state index contributed by atoms with van der Waals surface area (Å²) in [6.45, 7) is 5.35. The van der Waals surface area contributed by atoms with Crippen LogP contribution in [0.25, 0.3) is 0 Å². The van der Waals surface area contributed by atoms with Gasteiger partial charge >= 0.3 is 0 Å². The zero-order valence-electron chi connectivity index (χ0n) is 14.0. The van der Waals surface area contributed by atoms with Crippen LogP contribution in [0.2, 0.25) is 0 Å². The number of carbonyl (C=O) groups excluding carboxylic acids is 1. The largest absolute Gasteiger partial charge is 0.376 e. The van der Waals surface area contributed by atoms with Crippen molar-refractivity contribution in [2.24, 2.45) is 17.8 Å². The Bertz CT molecular complexity index is 591. The molecule has 4 rings (SSSR count). The average molecular weight is 314 g/mol. The fourth-order valence-electron chi connectivity index (χ4n) is 3.86. The SMILES string of the molecule is CC1CC(C(=O)N2CCc3c(COCC4CC4)cncc3C2)C1. The number of aromatic nitrogens is 1. The second kappa shape index (κ2) is 6.23. The molecule has 0 atom stereocenters. The molecule has 23 heavy (non-hydrogen) atoms. The summed E-state index contributed by atoms with van der Waals surface area (Å²) in [4.78, 5) is 19.0. The zero-order valence-corrected chi connectivity index (χ0v) is 14.0. The van der Waals surface area contributed by atoms with Crippen LogP contribution in [0.3, 0.4) is 0 Å². The first kappa shape index (κ1) is 15.1. The smallest absolute Gasteiger partial charge is 0.226 e. The quantitative estimate of drug-likeness (QED) is 0.839. The highest BCUT2D eigenvalue weighted by Gasteiger charge is 2.35. The van der Waals surface area contributed by atoms with E-state index in [2.05, 4.69) is 11.9 Å². The maximum absolute atomic E-state index is 12.6. The first-order valence-corrected chi connectivity index (χ1v) is 9.02. The van der Waals surface area contributed by atoms with Gasteiger partial charge in [-0.25, -0.2) is 0 Å². The number of fused-ring (bicyclic) bond motifs is 1. The van der Waals surface area contributed by atoms with Crippen molar-refractivity contribution in [2.75, 3.05) is 13.2 Å². The first-order valence-electron chi connectivity index (χ1n) is 9.02. The zero-order chi connectivity index (χ0) is 15.8. The summed E-state index contributed by atoms with van der Waals surface area (Å²) in [5, 5.41) is 0. The Morgan fingerprint density at radius 3 is 2.91 bits per heavy atom. The third-order valence-corrected chi connectivity index (χ3v) is 5.57. The summed E-state index contributed by atoms with van der Waals surface area (Å²) >= 11 is 0. The predicted octanol–water partition coefficient (Wildman–Crippen LogP) is 2.94. The van der Waals surface area contributed by atoms with Gasteiger partial charge in [-0.3, -0.25) is 9.78 Å². The van der Waals surface area contributed by atoms with Crippen LogP contribution < -0.4 is 0 Å². The normalized spacial score (nSPS) is 26.6. The Hall–Kier alpha value is -1.42. The standard InChI is InChI=1S/C19H26N2O2/c1-13-6-15(7-13)19(22)21-5-4-18-16(10-21)8-20-9-17(18)12-23-11-14-2-3-14/h8-9,13-15H,2-7,10-12H2,1H3. The summed E-state index contributed by atoms with van der Waals surface area (Å²) in [6.07, 6.45) is 9.59. The van der Waals surface area contributed by atoms with Gasteiger partial charge < -0.3 is 9.64 Å². The molecule has 2 aliphatic carbocycles. The van der Waals surface area contributed by atoms with Gasteiger partial charge in [0.1, 0.15) is 0 Å². The van der Waals surface area contributed by atoms with Crippen LogP contribution in [0.15, 0.2) is 12.4 Å². The van der Waals surface area contributed by atoms with E-state index in [-0.39, 0.29) is 5.92 Å². The summed E-state index contributed by atoms with van der Waals surface area (Å²) < 4.78 is 5.84. The minimum absolute atomic E-state index is 0.268. The van der Waals surface area contributed by atoms with Crippen molar-refractivity contribution < 1.29 is 9.53 Å². The van der Waals surface area contributed by atoms with Crippen molar-refractivity contribution in [3.05, 3.63) is 29.1 Å². The molecule has 124 valence electrons. The lowest BCUT2D eigenvalue weighted by Gasteiger charge is -2.38. The van der Waals surface area contributed by atoms with Crippen molar-refractivity contribution in [1.82, 2.24) is 9.88 Å². The molecule has 3 aliphatic rings. The molecule has 0 aromatic carbocycles. The first-order chi connectivity index (χ1) is 11.2. The van der Waals surface area contributed by atoms with Crippen LogP contribution in [0.4, 0.5) is 0 Å². The van der Waals surface area contributed by atoms with Crippen LogP contribution in [0.5, 0.6) is 0 Å². The topological polar surface area (TPSA) is 42.4 Å². The van der Waals surface area contributed by atoms with Gasteiger partial charge in [-0.2, -0.15) is 0 Å². The van der Waals surface area contributed by atoms with E-state index in [1.165, 1.54) is 29.5 Å². The molecule has 0 spiro atoms. The number of hydrogen-bond donors (Lipinski definition) is 0. The molecule has 1 aromatic heterocycles. The third-order valence-electron chi connectivity index (χ3n) is 5.57. The molecule has 1 aromatic rings. The molecule has 4 nitrogen and oxygen atoms in total. The number of ether oxygens (including phenoxy) is 1. The Morgan fingerprint density at radius 1 is 1.35 bits per heavy atom. The van der Waals surface area contributed by atoms with Crippen molar-refractivity contribution in [3.8, 4) is 0 Å². The highest BCUT2D eigenvalue weighted by molar-refractivity contribution is 5.80. The number of nitrogens with zero attached hydrogens (tertiary/aromatic N) is 2. The summed E-state index contributed by atoms with van der Waals surface area (Å²) in [6, 6.07) is 0. The van der Waals surface area contributed by atoms with E-state index in [4.69, 9.17) is 4.74 Å². The Morgan fingerprint density at radius 2 is 2.17 bits per heavy atom. The van der Waals surface area contributed by atoms with Gasteiger partial charge in [-0.15, -0.1) is 0 Å². The molecule has 2 heterocycles. The van der Waals surface area contributed by atoms with Crippen molar-refractivity contribution in [2.45, 2.75) is 52.2 Å². The number of carbonyl (C=O) groups is 1. The van der Waals surface area contributed by atoms with E-state index < -0.39 is 0 Å². The van der Waals surface area contributed by atoms with Gasteiger partial charge in [0, 0.05) is 38.0 Å². The van der Waals surface area contributed by atoms with E-state index in [0.717, 1.165) is 50.8 Å². The molecule has 0 saturated heterocycles. The Labute approximate surface area is 138 Å². The number of amides is 1. The lowest BCUT2D eigenvalue weighted by molar-refractivity contribution is -0.140. The summed E-state index contributed by atoms with van der Waals surface area (Å²) in [5.41, 5.74) is 3.79. The Balaban J connectivity index is 1.39. The third kappa shape index (κ3) is 3.27. The van der Waals surface area contributed by atoms with Gasteiger partial charge in [0.2, 0.25) is 5.91 Å². The molecule has 2 saturated carbocycles. The van der Waals surface area contributed by atoms with Gasteiger partial charge in [0.05, 0.1) is 6.61 Å². The van der Waals surface area contributed by atoms with E-state index in [0.29, 0.717) is 12.5 Å². The van der Waals surface area contributed by atoms with Crippen LogP contribution in [-0.4, -0.2) is 28.9 Å². The highest BCUT2D eigenvalue weighted by Crippen LogP contribution is 2.35. The number of rotatable bonds is 5. The molecule has 4 heteroatoms. The van der Waals surface area contributed by atoms with Crippen molar-refractivity contribution in [3.63, 3.8) is 0 Å². The molecule has 0 bridgehead atoms. The van der Waals surface area contributed by atoms with E-state index in [1.54, 1.807) is 0 Å². The molecular weight excluding hydrogens is 288 g/mol. The van der Waals surface area contributed by atoms with Gasteiger partial charge in [-0.05, 0) is 60.6 Å². The maximum Gasteiger partial charge on any atom is 0.226 e. The molecule has 2 fully saturated rings. The number of hydrogen-bond acceptors (Lipinski definition) is 3. The highest BCUT2D eigenvalue weighted by atomic mass is 16.5. The monoisotopic (exact) mass is 314 g/mol. The van der Waals surface area contributed by atoms with Crippen molar-refractivity contribution >= 4 is 5.91 Å². The number of pyridine rings is 1. The predicted molar refractivity (Wildman–Crippen MR) is 87.6 cm³/mol. The summed E-state index contributed by atoms with van der Waals surface area (Å²) in [7, 11) is 0. The van der Waals surface area contributed by atoms with E-state index in [1.807, 2.05) is 17.3 Å². The maximum atomic E-state index is 12.6. The van der Waals surface area contributed by atoms with Crippen LogP contribution >= 0.6 is 0 Å². The van der Waals surface area contributed by atoms with Crippen LogP contribution in [0, 0.1) is 17.8 Å². The van der Waals surface area contributed by atoms with Crippen LogP contribution in [-0.2, 0) is 29.1 Å². The molecule has 1 aliphatic heterocycles.